The van der Waals surface area contributed by atoms with Crippen molar-refractivity contribution in [3.8, 4) is 11.4 Å². The summed E-state index contributed by atoms with van der Waals surface area (Å²) in [6.07, 6.45) is 11.0. The Morgan fingerprint density at radius 2 is 2.04 bits per heavy atom. The summed E-state index contributed by atoms with van der Waals surface area (Å²) in [5, 5.41) is 0.586. The first kappa shape index (κ1) is 18.0. The second-order valence-corrected chi connectivity index (χ2v) is 7.17. The molecule has 0 bridgehead atoms. The van der Waals surface area contributed by atoms with E-state index >= 15 is 0 Å². The van der Waals surface area contributed by atoms with Crippen LogP contribution in [-0.4, -0.2) is 41.3 Å². The highest BCUT2D eigenvalue weighted by molar-refractivity contribution is 6.30. The monoisotopic (exact) mass is 383 g/mol. The van der Waals surface area contributed by atoms with Gasteiger partial charge < -0.3 is 4.98 Å². The molecule has 0 amide bonds. The van der Waals surface area contributed by atoms with Gasteiger partial charge in [0, 0.05) is 56.6 Å². The van der Waals surface area contributed by atoms with Gasteiger partial charge in [-0.15, -0.1) is 0 Å². The van der Waals surface area contributed by atoms with Gasteiger partial charge in [0.1, 0.15) is 12.2 Å². The quantitative estimate of drug-likeness (QED) is 0.703. The number of unbranched alkanes of at least 4 members (excludes halogenated alkanes) is 1. The predicted molar refractivity (Wildman–Crippen MR) is 103 cm³/mol. The molecule has 1 aliphatic heterocycles. The zero-order valence-corrected chi connectivity index (χ0v) is 16.1. The fraction of sp³-hybridized carbons (Fsp3) is 0.421. The van der Waals surface area contributed by atoms with Gasteiger partial charge in [-0.3, -0.25) is 4.90 Å². The van der Waals surface area contributed by atoms with Crippen molar-refractivity contribution < 1.29 is 0 Å². The molecule has 0 aliphatic carbocycles. The first-order valence-electron chi connectivity index (χ1n) is 9.28. The van der Waals surface area contributed by atoms with Crippen LogP contribution < -0.4 is 0 Å². The zero-order chi connectivity index (χ0) is 18.6. The minimum atomic E-state index is 0.586. The van der Waals surface area contributed by atoms with Crippen molar-refractivity contribution in [2.24, 2.45) is 0 Å². The number of fused-ring (bicyclic) bond motifs is 1. The molecule has 0 unspecified atom stereocenters. The third-order valence-electron chi connectivity index (χ3n) is 4.76. The average molecular weight is 384 g/mol. The summed E-state index contributed by atoms with van der Waals surface area (Å²) in [7, 11) is 0. The molecule has 140 valence electrons. The lowest BCUT2D eigenvalue weighted by molar-refractivity contribution is 0.240. The summed E-state index contributed by atoms with van der Waals surface area (Å²) < 4.78 is 0. The zero-order valence-electron chi connectivity index (χ0n) is 15.3. The van der Waals surface area contributed by atoms with Crippen molar-refractivity contribution in [3.63, 3.8) is 0 Å². The standard InChI is InChI=1S/C19H22ClN7/c1-2-3-4-17-24-16(18(20)26-17)11-27-6-5-15-14(10-27)9-23-19(25-15)13-7-21-12-22-8-13/h7-9,12H,2-6,10-11H2,1H3,(H,24,26). The summed E-state index contributed by atoms with van der Waals surface area (Å²) >= 11 is 6.33. The third-order valence-corrected chi connectivity index (χ3v) is 5.07. The number of rotatable bonds is 6. The topological polar surface area (TPSA) is 83.5 Å². The molecule has 0 spiro atoms. The van der Waals surface area contributed by atoms with Crippen LogP contribution in [0.25, 0.3) is 11.4 Å². The van der Waals surface area contributed by atoms with Crippen LogP contribution in [0.3, 0.4) is 0 Å². The van der Waals surface area contributed by atoms with E-state index in [1.165, 1.54) is 6.33 Å². The molecule has 3 aromatic heterocycles. The summed E-state index contributed by atoms with van der Waals surface area (Å²) in [4.78, 5) is 27.5. The summed E-state index contributed by atoms with van der Waals surface area (Å²) in [6, 6.07) is 0. The highest BCUT2D eigenvalue weighted by atomic mass is 35.5. The Kier molecular flexibility index (Phi) is 5.40. The molecule has 8 heteroatoms. The van der Waals surface area contributed by atoms with Gasteiger partial charge in [-0.25, -0.2) is 24.9 Å². The number of halogens is 1. The van der Waals surface area contributed by atoms with Gasteiger partial charge in [0.05, 0.1) is 17.0 Å². The molecule has 4 heterocycles. The van der Waals surface area contributed by atoms with Crippen molar-refractivity contribution in [1.29, 1.82) is 0 Å². The molecule has 0 saturated heterocycles. The maximum Gasteiger partial charge on any atom is 0.162 e. The van der Waals surface area contributed by atoms with E-state index < -0.39 is 0 Å². The molecule has 0 saturated carbocycles. The second kappa shape index (κ2) is 8.10. The summed E-state index contributed by atoms with van der Waals surface area (Å²) in [5.74, 6) is 1.66. The van der Waals surface area contributed by atoms with E-state index in [9.17, 15) is 0 Å². The van der Waals surface area contributed by atoms with Crippen molar-refractivity contribution >= 4 is 11.6 Å². The van der Waals surface area contributed by atoms with Gasteiger partial charge in [-0.2, -0.15) is 0 Å². The summed E-state index contributed by atoms with van der Waals surface area (Å²) in [6.45, 7) is 4.66. The lowest BCUT2D eigenvalue weighted by atomic mass is 10.1. The molecule has 0 atom stereocenters. The molecule has 27 heavy (non-hydrogen) atoms. The molecule has 3 aromatic rings. The Morgan fingerprint density at radius 1 is 1.19 bits per heavy atom. The van der Waals surface area contributed by atoms with Gasteiger partial charge in [-0.1, -0.05) is 24.9 Å². The van der Waals surface area contributed by atoms with Crippen LogP contribution >= 0.6 is 11.6 Å². The van der Waals surface area contributed by atoms with Crippen molar-refractivity contribution in [2.75, 3.05) is 6.54 Å². The van der Waals surface area contributed by atoms with E-state index in [1.54, 1.807) is 12.4 Å². The van der Waals surface area contributed by atoms with E-state index in [1.807, 2.05) is 6.20 Å². The molecule has 0 radical (unpaired) electrons. The van der Waals surface area contributed by atoms with Crippen LogP contribution in [-0.2, 0) is 25.9 Å². The third kappa shape index (κ3) is 4.14. The normalized spacial score (nSPS) is 14.3. The Morgan fingerprint density at radius 3 is 2.85 bits per heavy atom. The van der Waals surface area contributed by atoms with E-state index in [2.05, 4.69) is 36.7 Å². The first-order valence-corrected chi connectivity index (χ1v) is 9.66. The number of nitrogens with zero attached hydrogens (tertiary/aromatic N) is 6. The number of hydrogen-bond acceptors (Lipinski definition) is 6. The van der Waals surface area contributed by atoms with E-state index in [0.717, 1.165) is 73.7 Å². The highest BCUT2D eigenvalue weighted by Gasteiger charge is 2.21. The highest BCUT2D eigenvalue weighted by Crippen LogP contribution is 2.23. The van der Waals surface area contributed by atoms with Crippen molar-refractivity contribution in [2.45, 2.75) is 45.7 Å². The van der Waals surface area contributed by atoms with Crippen LogP contribution in [0.2, 0.25) is 5.15 Å². The number of H-pyrrole nitrogens is 1. The largest absolute Gasteiger partial charge is 0.344 e. The molecule has 4 rings (SSSR count). The van der Waals surface area contributed by atoms with Gasteiger partial charge >= 0.3 is 0 Å². The molecule has 1 N–H and O–H groups in total. The van der Waals surface area contributed by atoms with Crippen molar-refractivity contribution in [1.82, 2.24) is 34.8 Å². The van der Waals surface area contributed by atoms with Gasteiger partial charge in [-0.05, 0) is 6.42 Å². The summed E-state index contributed by atoms with van der Waals surface area (Å²) in [5.41, 5.74) is 4.08. The number of aryl methyl sites for hydroxylation is 1. The minimum absolute atomic E-state index is 0.586. The van der Waals surface area contributed by atoms with Crippen molar-refractivity contribution in [3.05, 3.63) is 52.8 Å². The number of imidazole rings is 1. The maximum atomic E-state index is 6.33. The van der Waals surface area contributed by atoms with Crippen LogP contribution in [0, 0.1) is 0 Å². The van der Waals surface area contributed by atoms with Crippen LogP contribution in [0.1, 0.15) is 42.5 Å². The molecular weight excluding hydrogens is 362 g/mol. The molecular formula is C19H22ClN7. The van der Waals surface area contributed by atoms with Crippen LogP contribution in [0.5, 0.6) is 0 Å². The Hall–Kier alpha value is -2.38. The van der Waals surface area contributed by atoms with E-state index in [4.69, 9.17) is 16.6 Å². The Labute approximate surface area is 163 Å². The lowest BCUT2D eigenvalue weighted by Crippen LogP contribution is -2.31. The maximum absolute atomic E-state index is 6.33. The van der Waals surface area contributed by atoms with Gasteiger partial charge in [0.15, 0.2) is 11.0 Å². The van der Waals surface area contributed by atoms with E-state index in [0.29, 0.717) is 11.0 Å². The predicted octanol–water partition coefficient (Wildman–Crippen LogP) is 3.21. The van der Waals surface area contributed by atoms with Crippen LogP contribution in [0.4, 0.5) is 0 Å². The fourth-order valence-electron chi connectivity index (χ4n) is 3.29. The SMILES string of the molecule is CCCCc1nc(Cl)c(CN2CCc3nc(-c4cncnc4)ncc3C2)[nH]1. The second-order valence-electron chi connectivity index (χ2n) is 6.81. The smallest absolute Gasteiger partial charge is 0.162 e. The molecule has 0 fully saturated rings. The van der Waals surface area contributed by atoms with Gasteiger partial charge in [0.2, 0.25) is 0 Å². The number of nitrogens with one attached hydrogen (secondary N) is 1. The average Bonchev–Trinajstić information content (AvgIpc) is 3.06. The minimum Gasteiger partial charge on any atom is -0.344 e. The molecule has 0 aromatic carbocycles. The molecule has 7 nitrogen and oxygen atoms in total. The lowest BCUT2D eigenvalue weighted by Gasteiger charge is -2.27. The molecule has 1 aliphatic rings. The number of aromatic nitrogens is 6. The first-order chi connectivity index (χ1) is 13.2. The number of aromatic amines is 1. The van der Waals surface area contributed by atoms with E-state index in [-0.39, 0.29) is 0 Å². The Bertz CT molecular complexity index is 910. The van der Waals surface area contributed by atoms with Gasteiger partial charge in [0.25, 0.3) is 0 Å². The fourth-order valence-corrected chi connectivity index (χ4v) is 3.50. The number of hydrogen-bond donors (Lipinski definition) is 1. The van der Waals surface area contributed by atoms with Crippen LogP contribution in [0.15, 0.2) is 24.9 Å². The Balaban J connectivity index is 1.45.